The van der Waals surface area contributed by atoms with Crippen LogP contribution in [0.4, 0.5) is 11.4 Å². The Hall–Kier alpha value is -2.65. The Bertz CT molecular complexity index is 959. The van der Waals surface area contributed by atoms with Gasteiger partial charge in [0.1, 0.15) is 0 Å². The molecule has 0 saturated carbocycles. The van der Waals surface area contributed by atoms with Gasteiger partial charge >= 0.3 is 0 Å². The highest BCUT2D eigenvalue weighted by Gasteiger charge is 2.12. The minimum Gasteiger partial charge on any atom is -0.411 e. The fraction of sp³-hybridized carbons (Fsp3) is 0.111. The molecule has 0 spiro atoms. The summed E-state index contributed by atoms with van der Waals surface area (Å²) in [6.45, 7) is 1.45. The summed E-state index contributed by atoms with van der Waals surface area (Å²) in [6.07, 6.45) is 0. The maximum Gasteiger partial charge on any atom is 0.277 e. The minimum absolute atomic E-state index is 0.139. The first-order valence-electron chi connectivity index (χ1n) is 7.90. The molecule has 7 nitrogen and oxygen atoms in total. The van der Waals surface area contributed by atoms with Crippen molar-refractivity contribution >= 4 is 50.9 Å². The number of anilines is 2. The van der Waals surface area contributed by atoms with Crippen LogP contribution in [0, 0.1) is 0 Å². The molecule has 0 fully saturated rings. The predicted molar refractivity (Wildman–Crippen MR) is 108 cm³/mol. The highest BCUT2D eigenvalue weighted by atomic mass is 79.9. The number of thioether (sulfide) groups is 1. The van der Waals surface area contributed by atoms with Gasteiger partial charge in [0.05, 0.1) is 11.4 Å². The second kappa shape index (κ2) is 8.83. The van der Waals surface area contributed by atoms with Crippen LogP contribution in [-0.2, 0) is 9.59 Å². The minimum atomic E-state index is -0.175. The van der Waals surface area contributed by atoms with Crippen molar-refractivity contribution in [3.8, 4) is 11.5 Å². The number of nitrogens with zero attached hydrogens (tertiary/aromatic N) is 2. The van der Waals surface area contributed by atoms with Gasteiger partial charge in [0, 0.05) is 22.6 Å². The smallest absolute Gasteiger partial charge is 0.277 e. The molecule has 0 bridgehead atoms. The SMILES string of the molecule is CC(=O)Nc1ccc(-c2nnc(SCC(=O)Nc3ccccc3Br)o2)cc1. The molecule has 0 atom stereocenters. The van der Waals surface area contributed by atoms with E-state index in [9.17, 15) is 9.59 Å². The summed E-state index contributed by atoms with van der Waals surface area (Å²) in [5, 5.41) is 13.7. The Labute approximate surface area is 168 Å². The van der Waals surface area contributed by atoms with Crippen molar-refractivity contribution in [2.75, 3.05) is 16.4 Å². The lowest BCUT2D eigenvalue weighted by Crippen LogP contribution is -2.14. The number of benzene rings is 2. The van der Waals surface area contributed by atoms with Crippen LogP contribution >= 0.6 is 27.7 Å². The Morgan fingerprint density at radius 2 is 1.81 bits per heavy atom. The summed E-state index contributed by atoms with van der Waals surface area (Å²) in [6, 6.07) is 14.4. The highest BCUT2D eigenvalue weighted by molar-refractivity contribution is 9.10. The van der Waals surface area contributed by atoms with Crippen LogP contribution in [0.25, 0.3) is 11.5 Å². The third-order valence-electron chi connectivity index (χ3n) is 3.33. The van der Waals surface area contributed by atoms with Crippen LogP contribution in [-0.4, -0.2) is 27.8 Å². The third kappa shape index (κ3) is 5.41. The number of nitrogens with one attached hydrogen (secondary N) is 2. The number of carbonyl (C=O) groups is 2. The fourth-order valence-electron chi connectivity index (χ4n) is 2.16. The zero-order chi connectivity index (χ0) is 19.2. The number of rotatable bonds is 6. The average Bonchev–Trinajstić information content (AvgIpc) is 3.11. The summed E-state index contributed by atoms with van der Waals surface area (Å²) in [5.74, 6) is 0.175. The summed E-state index contributed by atoms with van der Waals surface area (Å²) in [5.41, 5.74) is 2.11. The maximum absolute atomic E-state index is 12.1. The maximum atomic E-state index is 12.1. The van der Waals surface area contributed by atoms with Crippen LogP contribution in [0.1, 0.15) is 6.92 Å². The van der Waals surface area contributed by atoms with Crippen molar-refractivity contribution < 1.29 is 14.0 Å². The lowest BCUT2D eigenvalue weighted by atomic mass is 10.2. The van der Waals surface area contributed by atoms with E-state index in [-0.39, 0.29) is 17.6 Å². The van der Waals surface area contributed by atoms with Crippen LogP contribution in [0.3, 0.4) is 0 Å². The van der Waals surface area contributed by atoms with E-state index in [1.54, 1.807) is 24.3 Å². The molecule has 2 N–H and O–H groups in total. The fourth-order valence-corrected chi connectivity index (χ4v) is 3.11. The van der Waals surface area contributed by atoms with Gasteiger partial charge in [-0.05, 0) is 52.3 Å². The normalized spacial score (nSPS) is 10.4. The lowest BCUT2D eigenvalue weighted by Gasteiger charge is -2.05. The van der Waals surface area contributed by atoms with Gasteiger partial charge in [-0.15, -0.1) is 10.2 Å². The molecular formula is C18H15BrN4O3S. The number of aromatic nitrogens is 2. The predicted octanol–water partition coefficient (Wildman–Crippen LogP) is 4.19. The molecule has 2 aromatic carbocycles. The molecule has 9 heteroatoms. The molecule has 0 radical (unpaired) electrons. The van der Waals surface area contributed by atoms with Crippen LogP contribution < -0.4 is 10.6 Å². The van der Waals surface area contributed by atoms with E-state index in [1.165, 1.54) is 6.92 Å². The molecule has 0 unspecified atom stereocenters. The van der Waals surface area contributed by atoms with E-state index < -0.39 is 0 Å². The molecule has 3 rings (SSSR count). The van der Waals surface area contributed by atoms with E-state index in [2.05, 4.69) is 36.8 Å². The van der Waals surface area contributed by atoms with Gasteiger partial charge in [0.25, 0.3) is 5.22 Å². The second-order valence-electron chi connectivity index (χ2n) is 5.45. The highest BCUT2D eigenvalue weighted by Crippen LogP contribution is 2.25. The van der Waals surface area contributed by atoms with E-state index in [4.69, 9.17) is 4.42 Å². The Morgan fingerprint density at radius 1 is 1.07 bits per heavy atom. The van der Waals surface area contributed by atoms with Crippen molar-refractivity contribution in [3.05, 3.63) is 53.0 Å². The summed E-state index contributed by atoms with van der Waals surface area (Å²) < 4.78 is 6.39. The molecule has 27 heavy (non-hydrogen) atoms. The molecule has 0 saturated heterocycles. The molecule has 138 valence electrons. The Kier molecular flexibility index (Phi) is 6.25. The molecule has 0 aliphatic rings. The van der Waals surface area contributed by atoms with Gasteiger partial charge < -0.3 is 15.1 Å². The molecule has 1 aromatic heterocycles. The molecule has 3 aromatic rings. The second-order valence-corrected chi connectivity index (χ2v) is 7.23. The Morgan fingerprint density at radius 3 is 2.52 bits per heavy atom. The zero-order valence-corrected chi connectivity index (χ0v) is 16.6. The first kappa shape index (κ1) is 19.1. The number of amides is 2. The topological polar surface area (TPSA) is 97.1 Å². The number of carbonyl (C=O) groups excluding carboxylic acids is 2. The first-order valence-corrected chi connectivity index (χ1v) is 9.68. The van der Waals surface area contributed by atoms with E-state index in [1.807, 2.05) is 24.3 Å². The standard InChI is InChI=1S/C18H15BrN4O3S/c1-11(24)20-13-8-6-12(7-9-13)17-22-23-18(26-17)27-10-16(25)21-15-5-3-2-4-14(15)19/h2-9H,10H2,1H3,(H,20,24)(H,21,25). The van der Waals surface area contributed by atoms with Crippen molar-refractivity contribution in [1.82, 2.24) is 10.2 Å². The van der Waals surface area contributed by atoms with Gasteiger partial charge in [-0.3, -0.25) is 9.59 Å². The summed E-state index contributed by atoms with van der Waals surface area (Å²) >= 11 is 4.54. The number of halogens is 1. The van der Waals surface area contributed by atoms with Gasteiger partial charge in [-0.2, -0.15) is 0 Å². The van der Waals surface area contributed by atoms with Gasteiger partial charge in [0.15, 0.2) is 0 Å². The van der Waals surface area contributed by atoms with Crippen molar-refractivity contribution in [3.63, 3.8) is 0 Å². The van der Waals surface area contributed by atoms with Gasteiger partial charge in [0.2, 0.25) is 17.7 Å². The average molecular weight is 447 g/mol. The molecule has 0 aliphatic carbocycles. The molecule has 0 aliphatic heterocycles. The summed E-state index contributed by atoms with van der Waals surface area (Å²) in [7, 11) is 0. The van der Waals surface area contributed by atoms with Gasteiger partial charge in [-0.25, -0.2) is 0 Å². The van der Waals surface area contributed by atoms with Crippen LogP contribution in [0.5, 0.6) is 0 Å². The van der Waals surface area contributed by atoms with Crippen LogP contribution in [0.15, 0.2) is 62.6 Å². The van der Waals surface area contributed by atoms with E-state index in [0.717, 1.165) is 21.8 Å². The molecule has 1 heterocycles. The van der Waals surface area contributed by atoms with Gasteiger partial charge in [-0.1, -0.05) is 23.9 Å². The first-order chi connectivity index (χ1) is 13.0. The van der Waals surface area contributed by atoms with Crippen molar-refractivity contribution in [2.24, 2.45) is 0 Å². The number of para-hydroxylation sites is 1. The monoisotopic (exact) mass is 446 g/mol. The molecule has 2 amide bonds. The zero-order valence-electron chi connectivity index (χ0n) is 14.2. The quantitative estimate of drug-likeness (QED) is 0.550. The largest absolute Gasteiger partial charge is 0.411 e. The van der Waals surface area contributed by atoms with Crippen LogP contribution in [0.2, 0.25) is 0 Å². The number of hydrogen-bond donors (Lipinski definition) is 2. The lowest BCUT2D eigenvalue weighted by molar-refractivity contribution is -0.114. The summed E-state index contributed by atoms with van der Waals surface area (Å²) in [4.78, 5) is 23.1. The van der Waals surface area contributed by atoms with E-state index in [0.29, 0.717) is 22.5 Å². The number of hydrogen-bond acceptors (Lipinski definition) is 6. The van der Waals surface area contributed by atoms with E-state index >= 15 is 0 Å². The molecular weight excluding hydrogens is 432 g/mol. The van der Waals surface area contributed by atoms with Crippen molar-refractivity contribution in [1.29, 1.82) is 0 Å². The van der Waals surface area contributed by atoms with Crippen molar-refractivity contribution in [2.45, 2.75) is 12.1 Å². The third-order valence-corrected chi connectivity index (χ3v) is 4.84. The Balaban J connectivity index is 1.57.